The Morgan fingerprint density at radius 1 is 1.35 bits per heavy atom. The largest absolute Gasteiger partial charge is 0.396 e. The molecule has 23 heavy (non-hydrogen) atoms. The summed E-state index contributed by atoms with van der Waals surface area (Å²) in [5, 5.41) is 13.7. The molecular formula is C18H25N3O2. The number of aliphatic hydroxyl groups is 1. The van der Waals surface area contributed by atoms with Crippen LogP contribution in [-0.2, 0) is 6.54 Å². The average molecular weight is 315 g/mol. The van der Waals surface area contributed by atoms with Crippen molar-refractivity contribution in [2.45, 2.75) is 19.4 Å². The Hall–Kier alpha value is -1.69. The lowest BCUT2D eigenvalue weighted by Gasteiger charge is -2.31. The van der Waals surface area contributed by atoms with Gasteiger partial charge in [-0.15, -0.1) is 0 Å². The van der Waals surface area contributed by atoms with Crippen LogP contribution in [0.2, 0.25) is 0 Å². The lowest BCUT2D eigenvalue weighted by atomic mass is 9.99. The van der Waals surface area contributed by atoms with E-state index in [4.69, 9.17) is 0 Å². The van der Waals surface area contributed by atoms with E-state index in [2.05, 4.69) is 15.2 Å². The van der Waals surface area contributed by atoms with Crippen molar-refractivity contribution in [1.29, 1.82) is 0 Å². The Kier molecular flexibility index (Phi) is 5.43. The van der Waals surface area contributed by atoms with Gasteiger partial charge in [-0.05, 0) is 42.8 Å². The third-order valence-corrected chi connectivity index (χ3v) is 4.61. The maximum Gasteiger partial charge on any atom is 0.252 e. The maximum absolute atomic E-state index is 12.1. The number of nitrogens with zero attached hydrogens (tertiary/aromatic N) is 1. The summed E-state index contributed by atoms with van der Waals surface area (Å²) in [5.74, 6) is 0.423. The highest BCUT2D eigenvalue weighted by molar-refractivity contribution is 5.78. The fourth-order valence-electron chi connectivity index (χ4n) is 3.29. The van der Waals surface area contributed by atoms with E-state index < -0.39 is 0 Å². The summed E-state index contributed by atoms with van der Waals surface area (Å²) in [4.78, 5) is 17.4. The van der Waals surface area contributed by atoms with E-state index in [0.717, 1.165) is 55.5 Å². The number of aromatic amines is 1. The number of para-hydroxylation sites is 1. The number of fused-ring (bicyclic) bond motifs is 1. The van der Waals surface area contributed by atoms with Crippen LogP contribution in [0.3, 0.4) is 0 Å². The van der Waals surface area contributed by atoms with Gasteiger partial charge in [0.25, 0.3) is 5.56 Å². The van der Waals surface area contributed by atoms with Crippen molar-refractivity contribution in [3.05, 3.63) is 46.2 Å². The molecule has 2 heterocycles. The monoisotopic (exact) mass is 315 g/mol. The van der Waals surface area contributed by atoms with Crippen molar-refractivity contribution < 1.29 is 5.11 Å². The van der Waals surface area contributed by atoms with Crippen molar-refractivity contribution in [1.82, 2.24) is 15.2 Å². The molecule has 1 aliphatic heterocycles. The van der Waals surface area contributed by atoms with Gasteiger partial charge in [0.15, 0.2) is 0 Å². The van der Waals surface area contributed by atoms with E-state index in [1.807, 2.05) is 30.3 Å². The van der Waals surface area contributed by atoms with Crippen LogP contribution in [0.5, 0.6) is 0 Å². The van der Waals surface area contributed by atoms with Crippen LogP contribution in [0.4, 0.5) is 0 Å². The number of nitrogens with one attached hydrogen (secondary N) is 2. The minimum Gasteiger partial charge on any atom is -0.396 e. The number of H-pyrrole nitrogens is 1. The fourth-order valence-corrected chi connectivity index (χ4v) is 3.29. The highest BCUT2D eigenvalue weighted by atomic mass is 16.3. The molecule has 2 aromatic rings. The van der Waals surface area contributed by atoms with Crippen LogP contribution < -0.4 is 10.9 Å². The van der Waals surface area contributed by atoms with E-state index in [1.54, 1.807) is 0 Å². The van der Waals surface area contributed by atoms with Crippen molar-refractivity contribution in [3.8, 4) is 0 Å². The van der Waals surface area contributed by atoms with Gasteiger partial charge in [-0.2, -0.15) is 0 Å². The van der Waals surface area contributed by atoms with E-state index >= 15 is 0 Å². The molecule has 1 aromatic heterocycles. The van der Waals surface area contributed by atoms with E-state index in [1.165, 1.54) is 0 Å². The van der Waals surface area contributed by atoms with Crippen LogP contribution >= 0.6 is 0 Å². The molecule has 1 aromatic carbocycles. The first-order valence-electron chi connectivity index (χ1n) is 8.41. The molecule has 0 amide bonds. The topological polar surface area (TPSA) is 68.4 Å². The molecule has 124 valence electrons. The van der Waals surface area contributed by atoms with E-state index in [0.29, 0.717) is 12.5 Å². The van der Waals surface area contributed by atoms with Gasteiger partial charge in [0.1, 0.15) is 0 Å². The molecule has 0 saturated carbocycles. The van der Waals surface area contributed by atoms with Gasteiger partial charge in [-0.1, -0.05) is 18.2 Å². The third kappa shape index (κ3) is 4.19. The van der Waals surface area contributed by atoms with Gasteiger partial charge in [-0.3, -0.25) is 4.79 Å². The van der Waals surface area contributed by atoms with Gasteiger partial charge >= 0.3 is 0 Å². The molecule has 1 atom stereocenters. The Morgan fingerprint density at radius 3 is 3.09 bits per heavy atom. The van der Waals surface area contributed by atoms with Crippen LogP contribution in [0, 0.1) is 5.92 Å². The van der Waals surface area contributed by atoms with Crippen LogP contribution in [-0.4, -0.2) is 47.8 Å². The molecule has 0 aliphatic carbocycles. The maximum atomic E-state index is 12.1. The number of piperidine rings is 1. The summed E-state index contributed by atoms with van der Waals surface area (Å²) in [6.07, 6.45) is 2.29. The summed E-state index contributed by atoms with van der Waals surface area (Å²) in [6.45, 7) is 4.77. The smallest absolute Gasteiger partial charge is 0.252 e. The second-order valence-electron chi connectivity index (χ2n) is 6.38. The Balaban J connectivity index is 1.51. The van der Waals surface area contributed by atoms with Gasteiger partial charge in [0.05, 0.1) is 0 Å². The van der Waals surface area contributed by atoms with Crippen molar-refractivity contribution in [2.24, 2.45) is 5.92 Å². The second-order valence-corrected chi connectivity index (χ2v) is 6.38. The summed E-state index contributed by atoms with van der Waals surface area (Å²) in [7, 11) is 0. The number of aromatic nitrogens is 1. The Morgan fingerprint density at radius 2 is 2.22 bits per heavy atom. The van der Waals surface area contributed by atoms with Gasteiger partial charge in [0, 0.05) is 43.9 Å². The van der Waals surface area contributed by atoms with Crippen LogP contribution in [0.15, 0.2) is 35.1 Å². The lowest BCUT2D eigenvalue weighted by molar-refractivity contribution is 0.121. The summed E-state index contributed by atoms with van der Waals surface area (Å²) >= 11 is 0. The van der Waals surface area contributed by atoms with Crippen molar-refractivity contribution >= 4 is 10.9 Å². The number of likely N-dealkylation sites (tertiary alicyclic amines) is 1. The Labute approximate surface area is 136 Å². The standard InChI is InChI=1S/C18H25N3O2/c22-13-14-4-3-8-21(12-14)9-7-19-11-16-10-15-5-1-2-6-17(15)20-18(16)23/h1-2,5-6,10,14,19,22H,3-4,7-9,11-13H2,(H,20,23). The molecule has 1 fully saturated rings. The first-order chi connectivity index (χ1) is 11.3. The van der Waals surface area contributed by atoms with Crippen LogP contribution in [0.25, 0.3) is 10.9 Å². The third-order valence-electron chi connectivity index (χ3n) is 4.61. The molecule has 0 bridgehead atoms. The normalized spacial score (nSPS) is 19.3. The highest BCUT2D eigenvalue weighted by Crippen LogP contribution is 2.15. The molecule has 1 saturated heterocycles. The number of aliphatic hydroxyl groups excluding tert-OH is 1. The number of pyridine rings is 1. The molecule has 3 N–H and O–H groups in total. The molecule has 1 aliphatic rings. The molecule has 0 spiro atoms. The number of hydrogen-bond acceptors (Lipinski definition) is 4. The lowest BCUT2D eigenvalue weighted by Crippen LogP contribution is -2.40. The SMILES string of the molecule is O=c1[nH]c2ccccc2cc1CNCCN1CCCC(CO)C1. The molecule has 0 radical (unpaired) electrons. The Bertz CT molecular complexity index is 698. The quantitative estimate of drug-likeness (QED) is 0.703. The summed E-state index contributed by atoms with van der Waals surface area (Å²) < 4.78 is 0. The number of rotatable bonds is 6. The highest BCUT2D eigenvalue weighted by Gasteiger charge is 2.18. The zero-order valence-electron chi connectivity index (χ0n) is 13.4. The summed E-state index contributed by atoms with van der Waals surface area (Å²) in [6, 6.07) is 9.80. The molecule has 5 nitrogen and oxygen atoms in total. The van der Waals surface area contributed by atoms with Gasteiger partial charge in [0.2, 0.25) is 0 Å². The number of benzene rings is 1. The minimum absolute atomic E-state index is 0.0190. The van der Waals surface area contributed by atoms with E-state index in [-0.39, 0.29) is 12.2 Å². The van der Waals surface area contributed by atoms with Crippen LogP contribution in [0.1, 0.15) is 18.4 Å². The molecule has 5 heteroatoms. The fraction of sp³-hybridized carbons (Fsp3) is 0.500. The second kappa shape index (κ2) is 7.73. The first kappa shape index (κ1) is 16.2. The zero-order valence-corrected chi connectivity index (χ0v) is 13.4. The molecular weight excluding hydrogens is 290 g/mol. The minimum atomic E-state index is -0.0190. The number of hydrogen-bond donors (Lipinski definition) is 3. The molecule has 3 rings (SSSR count). The van der Waals surface area contributed by atoms with Crippen molar-refractivity contribution in [3.63, 3.8) is 0 Å². The molecule has 1 unspecified atom stereocenters. The predicted molar refractivity (Wildman–Crippen MR) is 92.5 cm³/mol. The summed E-state index contributed by atoms with van der Waals surface area (Å²) in [5.41, 5.74) is 1.63. The van der Waals surface area contributed by atoms with E-state index in [9.17, 15) is 9.90 Å². The van der Waals surface area contributed by atoms with Gasteiger partial charge < -0.3 is 20.3 Å². The van der Waals surface area contributed by atoms with Gasteiger partial charge in [-0.25, -0.2) is 0 Å². The van der Waals surface area contributed by atoms with Crippen molar-refractivity contribution in [2.75, 3.05) is 32.8 Å². The predicted octanol–water partition coefficient (Wildman–Crippen LogP) is 1.32. The average Bonchev–Trinajstić information content (AvgIpc) is 2.59. The first-order valence-corrected chi connectivity index (χ1v) is 8.41. The zero-order chi connectivity index (χ0) is 16.1.